The summed E-state index contributed by atoms with van der Waals surface area (Å²) in [7, 11) is 0. The van der Waals surface area contributed by atoms with Crippen LogP contribution in [0.2, 0.25) is 0 Å². The van der Waals surface area contributed by atoms with E-state index in [0.29, 0.717) is 0 Å². The van der Waals surface area contributed by atoms with Gasteiger partial charge in [-0.2, -0.15) is 0 Å². The SMILES string of the molecule is C=C(NCC1CCCCC1)c1ccc(CCc2ccccc2)cc1. The van der Waals surface area contributed by atoms with Gasteiger partial charge in [0.2, 0.25) is 0 Å². The van der Waals surface area contributed by atoms with Crippen LogP contribution in [0.15, 0.2) is 61.2 Å². The van der Waals surface area contributed by atoms with Crippen LogP contribution in [-0.4, -0.2) is 6.54 Å². The predicted molar refractivity (Wildman–Crippen MR) is 104 cm³/mol. The van der Waals surface area contributed by atoms with Crippen molar-refractivity contribution in [2.75, 3.05) is 6.54 Å². The van der Waals surface area contributed by atoms with Crippen molar-refractivity contribution in [3.05, 3.63) is 77.9 Å². The number of hydrogen-bond donors (Lipinski definition) is 1. The lowest BCUT2D eigenvalue weighted by molar-refractivity contribution is 0.355. The molecule has 1 fully saturated rings. The first-order valence-electron chi connectivity index (χ1n) is 9.37. The minimum absolute atomic E-state index is 0.834. The molecule has 0 unspecified atom stereocenters. The van der Waals surface area contributed by atoms with Gasteiger partial charge in [-0.3, -0.25) is 0 Å². The Morgan fingerprint density at radius 2 is 1.46 bits per heavy atom. The second-order valence-corrected chi connectivity index (χ2v) is 7.05. The summed E-state index contributed by atoms with van der Waals surface area (Å²) in [5, 5.41) is 3.55. The van der Waals surface area contributed by atoms with Crippen molar-refractivity contribution in [1.29, 1.82) is 0 Å². The van der Waals surface area contributed by atoms with Gasteiger partial charge < -0.3 is 5.32 Å². The quantitative estimate of drug-likeness (QED) is 0.699. The molecule has 2 aromatic carbocycles. The highest BCUT2D eigenvalue weighted by molar-refractivity contribution is 5.61. The van der Waals surface area contributed by atoms with Gasteiger partial charge in [0.05, 0.1) is 0 Å². The van der Waals surface area contributed by atoms with E-state index in [0.717, 1.165) is 31.0 Å². The lowest BCUT2D eigenvalue weighted by Gasteiger charge is -2.23. The predicted octanol–water partition coefficient (Wildman–Crippen LogP) is 5.61. The van der Waals surface area contributed by atoms with Gasteiger partial charge in [0.15, 0.2) is 0 Å². The van der Waals surface area contributed by atoms with E-state index < -0.39 is 0 Å². The van der Waals surface area contributed by atoms with E-state index in [9.17, 15) is 0 Å². The largest absolute Gasteiger partial charge is 0.385 e. The standard InChI is InChI=1S/C23H29N/c1-19(24-18-22-10-6-3-7-11-22)23-16-14-21(15-17-23)13-12-20-8-4-2-5-9-20/h2,4-5,8-9,14-17,22,24H,1,3,6-7,10-13,18H2. The molecule has 0 heterocycles. The molecule has 0 saturated heterocycles. The van der Waals surface area contributed by atoms with Gasteiger partial charge in [-0.25, -0.2) is 0 Å². The van der Waals surface area contributed by atoms with Crippen LogP contribution >= 0.6 is 0 Å². The zero-order valence-electron chi connectivity index (χ0n) is 14.6. The van der Waals surface area contributed by atoms with Crippen LogP contribution in [0.4, 0.5) is 0 Å². The number of aryl methyl sites for hydroxylation is 2. The van der Waals surface area contributed by atoms with Gasteiger partial charge >= 0.3 is 0 Å². The Balaban J connectivity index is 1.47. The van der Waals surface area contributed by atoms with E-state index in [2.05, 4.69) is 66.5 Å². The molecule has 1 saturated carbocycles. The molecule has 0 aromatic heterocycles. The van der Waals surface area contributed by atoms with Crippen LogP contribution < -0.4 is 5.32 Å². The molecular formula is C23H29N. The molecule has 126 valence electrons. The average molecular weight is 319 g/mol. The highest BCUT2D eigenvalue weighted by atomic mass is 14.9. The molecule has 0 spiro atoms. The maximum absolute atomic E-state index is 4.22. The van der Waals surface area contributed by atoms with Crippen LogP contribution in [0.1, 0.15) is 48.8 Å². The Kier molecular flexibility index (Phi) is 6.12. The number of hydrogen-bond acceptors (Lipinski definition) is 1. The van der Waals surface area contributed by atoms with Crippen LogP contribution in [0.5, 0.6) is 0 Å². The first kappa shape index (κ1) is 16.8. The summed E-state index contributed by atoms with van der Waals surface area (Å²) in [6.45, 7) is 5.30. The molecule has 0 aliphatic heterocycles. The number of rotatable bonds is 7. The van der Waals surface area contributed by atoms with E-state index in [-0.39, 0.29) is 0 Å². The Morgan fingerprint density at radius 3 is 2.12 bits per heavy atom. The van der Waals surface area contributed by atoms with E-state index >= 15 is 0 Å². The van der Waals surface area contributed by atoms with Crippen LogP contribution in [-0.2, 0) is 12.8 Å². The number of nitrogens with one attached hydrogen (secondary N) is 1. The molecule has 24 heavy (non-hydrogen) atoms. The van der Waals surface area contributed by atoms with Gasteiger partial charge in [0.1, 0.15) is 0 Å². The van der Waals surface area contributed by atoms with Gasteiger partial charge in [-0.15, -0.1) is 0 Å². The fourth-order valence-electron chi connectivity index (χ4n) is 3.57. The first-order valence-corrected chi connectivity index (χ1v) is 9.37. The summed E-state index contributed by atoms with van der Waals surface area (Å²) in [5.41, 5.74) is 5.08. The Labute approximate surface area is 146 Å². The van der Waals surface area contributed by atoms with Crippen molar-refractivity contribution in [3.8, 4) is 0 Å². The van der Waals surface area contributed by atoms with Gasteiger partial charge in [-0.05, 0) is 48.3 Å². The topological polar surface area (TPSA) is 12.0 Å². The molecule has 3 rings (SSSR count). The molecule has 0 amide bonds. The normalized spacial score (nSPS) is 15.2. The Morgan fingerprint density at radius 1 is 0.833 bits per heavy atom. The Hall–Kier alpha value is -2.02. The summed E-state index contributed by atoms with van der Waals surface area (Å²) >= 11 is 0. The van der Waals surface area contributed by atoms with Crippen LogP contribution in [0, 0.1) is 5.92 Å². The van der Waals surface area contributed by atoms with Crippen molar-refractivity contribution in [2.24, 2.45) is 5.92 Å². The van der Waals surface area contributed by atoms with Crippen molar-refractivity contribution in [3.63, 3.8) is 0 Å². The van der Waals surface area contributed by atoms with E-state index in [1.54, 1.807) is 0 Å². The summed E-state index contributed by atoms with van der Waals surface area (Å²) in [5.74, 6) is 0.834. The molecule has 1 aliphatic rings. The third-order valence-electron chi connectivity index (χ3n) is 5.18. The molecule has 1 nitrogen and oxygen atoms in total. The maximum atomic E-state index is 4.22. The van der Waals surface area contributed by atoms with Crippen LogP contribution in [0.3, 0.4) is 0 Å². The van der Waals surface area contributed by atoms with E-state index in [4.69, 9.17) is 0 Å². The summed E-state index contributed by atoms with van der Waals surface area (Å²) in [4.78, 5) is 0. The number of benzene rings is 2. The first-order chi connectivity index (χ1) is 11.8. The minimum atomic E-state index is 0.834. The Bertz CT molecular complexity index is 621. The zero-order chi connectivity index (χ0) is 16.6. The molecule has 1 heteroatoms. The third-order valence-corrected chi connectivity index (χ3v) is 5.18. The molecular weight excluding hydrogens is 290 g/mol. The molecule has 0 atom stereocenters. The maximum Gasteiger partial charge on any atom is 0.0340 e. The van der Waals surface area contributed by atoms with Crippen molar-refractivity contribution in [2.45, 2.75) is 44.9 Å². The van der Waals surface area contributed by atoms with Gasteiger partial charge in [-0.1, -0.05) is 80.4 Å². The second kappa shape index (κ2) is 8.73. The molecule has 1 aliphatic carbocycles. The minimum Gasteiger partial charge on any atom is -0.385 e. The molecule has 0 radical (unpaired) electrons. The fraction of sp³-hybridized carbons (Fsp3) is 0.391. The van der Waals surface area contributed by atoms with E-state index in [1.165, 1.54) is 48.8 Å². The van der Waals surface area contributed by atoms with Crippen molar-refractivity contribution >= 4 is 5.70 Å². The monoisotopic (exact) mass is 319 g/mol. The summed E-state index contributed by atoms with van der Waals surface area (Å²) in [6.07, 6.45) is 9.15. The molecule has 1 N–H and O–H groups in total. The lowest BCUT2D eigenvalue weighted by Crippen LogP contribution is -2.23. The van der Waals surface area contributed by atoms with Crippen molar-refractivity contribution < 1.29 is 0 Å². The average Bonchev–Trinajstić information content (AvgIpc) is 2.66. The van der Waals surface area contributed by atoms with Crippen molar-refractivity contribution in [1.82, 2.24) is 5.32 Å². The highest BCUT2D eigenvalue weighted by Gasteiger charge is 2.13. The van der Waals surface area contributed by atoms with Crippen LogP contribution in [0.25, 0.3) is 5.70 Å². The highest BCUT2D eigenvalue weighted by Crippen LogP contribution is 2.23. The summed E-state index contributed by atoms with van der Waals surface area (Å²) in [6, 6.07) is 19.6. The van der Waals surface area contributed by atoms with Gasteiger partial charge in [0.25, 0.3) is 0 Å². The fourth-order valence-corrected chi connectivity index (χ4v) is 3.57. The third kappa shape index (κ3) is 4.99. The lowest BCUT2D eigenvalue weighted by atomic mass is 9.89. The molecule has 2 aromatic rings. The zero-order valence-corrected chi connectivity index (χ0v) is 14.6. The van der Waals surface area contributed by atoms with E-state index in [1.807, 2.05) is 0 Å². The molecule has 0 bridgehead atoms. The van der Waals surface area contributed by atoms with Gasteiger partial charge in [0, 0.05) is 12.2 Å². The summed E-state index contributed by atoms with van der Waals surface area (Å²) < 4.78 is 0. The smallest absolute Gasteiger partial charge is 0.0340 e. The second-order valence-electron chi connectivity index (χ2n) is 7.05.